The zero-order valence-electron chi connectivity index (χ0n) is 21.5. The van der Waals surface area contributed by atoms with Gasteiger partial charge in [-0.1, -0.05) is 0 Å². The van der Waals surface area contributed by atoms with Gasteiger partial charge in [0.2, 0.25) is 53.2 Å². The second-order valence-corrected chi connectivity index (χ2v) is 8.36. The highest BCUT2D eigenvalue weighted by atomic mass is 16.4. The molecule has 41 heavy (non-hydrogen) atoms. The molecule has 0 aromatic rings. The number of carboxylic acids is 1. The Labute approximate surface area is 231 Å². The summed E-state index contributed by atoms with van der Waals surface area (Å²) >= 11 is 0. The minimum absolute atomic E-state index is 0.559. The Morgan fingerprint density at radius 3 is 1.39 bits per heavy atom. The maximum absolute atomic E-state index is 12.4. The Balaban J connectivity index is 5.04. The fraction of sp³-hybridized carbons (Fsp3) is 0.500. The first-order valence-corrected chi connectivity index (χ1v) is 11.5. The summed E-state index contributed by atoms with van der Waals surface area (Å²) in [5.74, 6) is -10.9. The summed E-state index contributed by atoms with van der Waals surface area (Å²) in [5, 5.41) is 19.3. The fourth-order valence-corrected chi connectivity index (χ4v) is 2.86. The van der Waals surface area contributed by atoms with Gasteiger partial charge in [0, 0.05) is 0 Å². The molecule has 0 rings (SSSR count). The molecule has 0 aliphatic carbocycles. The molecule has 0 aliphatic heterocycles. The van der Waals surface area contributed by atoms with Crippen molar-refractivity contribution in [3.05, 3.63) is 0 Å². The van der Waals surface area contributed by atoms with Crippen LogP contribution in [0.25, 0.3) is 0 Å². The molecule has 0 aromatic carbocycles. The number of rotatable bonds is 19. The molecular weight excluding hydrogens is 556 g/mol. The summed E-state index contributed by atoms with van der Waals surface area (Å²) in [5.41, 5.74) is 25.4. The third-order valence-corrected chi connectivity index (χ3v) is 4.74. The lowest BCUT2D eigenvalue weighted by Crippen LogP contribution is -2.55. The fourth-order valence-electron chi connectivity index (χ4n) is 2.86. The molecule has 9 amide bonds. The van der Waals surface area contributed by atoms with E-state index in [1.807, 2.05) is 10.6 Å². The van der Waals surface area contributed by atoms with Crippen LogP contribution in [0.5, 0.6) is 0 Å². The lowest BCUT2D eigenvalue weighted by molar-refractivity contribution is -0.143. The summed E-state index contributed by atoms with van der Waals surface area (Å²) < 4.78 is 0. The third kappa shape index (κ3) is 15.6. The van der Waals surface area contributed by atoms with Crippen molar-refractivity contribution in [2.75, 3.05) is 13.1 Å². The number of nitrogens with one attached hydrogen (secondary N) is 5. The van der Waals surface area contributed by atoms with Gasteiger partial charge in [-0.05, 0) is 0 Å². The van der Waals surface area contributed by atoms with Crippen LogP contribution in [-0.4, -0.2) is 101 Å². The molecule has 0 aliphatic rings. The van der Waals surface area contributed by atoms with Gasteiger partial charge in [0.25, 0.3) is 0 Å². The van der Waals surface area contributed by atoms with Crippen molar-refractivity contribution < 1.29 is 53.1 Å². The molecule has 0 saturated carbocycles. The van der Waals surface area contributed by atoms with Crippen LogP contribution in [0.15, 0.2) is 0 Å². The second kappa shape index (κ2) is 17.3. The van der Waals surface area contributed by atoms with E-state index in [2.05, 4.69) is 16.0 Å². The first-order valence-electron chi connectivity index (χ1n) is 11.5. The highest BCUT2D eigenvalue weighted by Gasteiger charge is 2.29. The Morgan fingerprint density at radius 2 is 0.927 bits per heavy atom. The molecular formula is C20H32N10O11. The van der Waals surface area contributed by atoms with Gasteiger partial charge < -0.3 is 60.4 Å². The number of aliphatic carboxylic acids is 1. The molecule has 0 fully saturated rings. The normalized spacial score (nSPS) is 13.2. The van der Waals surface area contributed by atoms with Gasteiger partial charge in [-0.2, -0.15) is 0 Å². The van der Waals surface area contributed by atoms with Crippen LogP contribution in [-0.2, 0) is 47.9 Å². The predicted octanol–water partition coefficient (Wildman–Crippen LogP) is -8.41. The molecule has 0 bridgehead atoms. The summed E-state index contributed by atoms with van der Waals surface area (Å²) in [6.07, 6.45) is -2.82. The predicted molar refractivity (Wildman–Crippen MR) is 133 cm³/mol. The van der Waals surface area contributed by atoms with Gasteiger partial charge in [0.15, 0.2) is 0 Å². The van der Waals surface area contributed by atoms with Crippen molar-refractivity contribution in [2.24, 2.45) is 28.7 Å². The highest BCUT2D eigenvalue weighted by Crippen LogP contribution is 1.98. The lowest BCUT2D eigenvalue weighted by Gasteiger charge is -2.20. The van der Waals surface area contributed by atoms with Crippen LogP contribution in [0.4, 0.5) is 0 Å². The molecule has 16 N–H and O–H groups in total. The van der Waals surface area contributed by atoms with Gasteiger partial charge in [-0.25, -0.2) is 4.79 Å². The number of carbonyl (C=O) groups excluding carboxylic acids is 9. The average Bonchev–Trinajstić information content (AvgIpc) is 2.83. The number of carboxylic acid groups (broad SMARTS) is 1. The van der Waals surface area contributed by atoms with Crippen molar-refractivity contribution in [1.82, 2.24) is 26.6 Å². The van der Waals surface area contributed by atoms with E-state index in [1.54, 1.807) is 0 Å². The minimum Gasteiger partial charge on any atom is -0.480 e. The first kappa shape index (κ1) is 35.7. The van der Waals surface area contributed by atoms with Crippen LogP contribution in [0.1, 0.15) is 25.7 Å². The SMILES string of the molecule is NC(=O)C[C@H](NC(=O)[C@H](CC(N)=O)NC(=O)CNC(=O)CNC(=O)[C@H](CC(N)=O)NC(=O)[C@@H](N)CC(N)=O)C(=O)O. The van der Waals surface area contributed by atoms with Crippen LogP contribution >= 0.6 is 0 Å². The van der Waals surface area contributed by atoms with Crippen molar-refractivity contribution in [2.45, 2.75) is 49.9 Å². The van der Waals surface area contributed by atoms with E-state index >= 15 is 0 Å². The number of primary amides is 4. The maximum atomic E-state index is 12.4. The van der Waals surface area contributed by atoms with Crippen LogP contribution in [0.3, 0.4) is 0 Å². The zero-order valence-corrected chi connectivity index (χ0v) is 21.5. The smallest absolute Gasteiger partial charge is 0.326 e. The minimum atomic E-state index is -1.77. The zero-order chi connectivity index (χ0) is 31.9. The summed E-state index contributed by atoms with van der Waals surface area (Å²) in [7, 11) is 0. The summed E-state index contributed by atoms with van der Waals surface area (Å²) in [6.45, 7) is -1.58. The van der Waals surface area contributed by atoms with Crippen LogP contribution < -0.4 is 55.3 Å². The van der Waals surface area contributed by atoms with E-state index in [9.17, 15) is 47.9 Å². The van der Waals surface area contributed by atoms with E-state index in [-0.39, 0.29) is 0 Å². The van der Waals surface area contributed by atoms with Gasteiger partial charge >= 0.3 is 5.97 Å². The van der Waals surface area contributed by atoms with Crippen LogP contribution in [0.2, 0.25) is 0 Å². The van der Waals surface area contributed by atoms with Crippen LogP contribution in [0, 0.1) is 0 Å². The number of hydrogen-bond acceptors (Lipinski definition) is 11. The lowest BCUT2D eigenvalue weighted by atomic mass is 10.1. The maximum Gasteiger partial charge on any atom is 0.326 e. The van der Waals surface area contributed by atoms with Crippen molar-refractivity contribution >= 4 is 59.1 Å². The van der Waals surface area contributed by atoms with E-state index in [0.29, 0.717) is 0 Å². The van der Waals surface area contributed by atoms with Gasteiger partial charge in [0.1, 0.15) is 18.1 Å². The standard InChI is InChI=1S/C20H32N10O11/c21-7(1-11(22)31)17(37)29-8(2-12(23)32)18(38)27-5-15(35)26-6-16(36)28-9(3-13(24)33)19(39)30-10(20(40)41)4-14(25)34/h7-10H,1-6,21H2,(H2,22,31)(H2,23,32)(H2,24,33)(H2,25,34)(H,26,35)(H,27,38)(H,28,36)(H,29,37)(H,30,39)(H,40,41)/t7-,8-,9-,10-/m0/s1. The van der Waals surface area contributed by atoms with Gasteiger partial charge in [-0.3, -0.25) is 43.2 Å². The largest absolute Gasteiger partial charge is 0.480 e. The second-order valence-electron chi connectivity index (χ2n) is 8.36. The van der Waals surface area contributed by atoms with Crippen molar-refractivity contribution in [3.8, 4) is 0 Å². The van der Waals surface area contributed by atoms with E-state index in [1.165, 1.54) is 0 Å². The number of carbonyl (C=O) groups is 10. The average molecular weight is 589 g/mol. The third-order valence-electron chi connectivity index (χ3n) is 4.74. The molecule has 228 valence electrons. The van der Waals surface area contributed by atoms with Crippen molar-refractivity contribution in [1.29, 1.82) is 0 Å². The topological polar surface area (TPSA) is 381 Å². The molecule has 0 radical (unpaired) electrons. The number of hydrogen-bond donors (Lipinski definition) is 11. The number of nitrogens with two attached hydrogens (primary N) is 5. The van der Waals surface area contributed by atoms with E-state index in [0.717, 1.165) is 0 Å². The van der Waals surface area contributed by atoms with E-state index < -0.39 is 122 Å². The quantitative estimate of drug-likeness (QED) is 0.0670. The monoisotopic (exact) mass is 588 g/mol. The Kier molecular flexibility index (Phi) is 15.0. The molecule has 0 aromatic heterocycles. The summed E-state index contributed by atoms with van der Waals surface area (Å²) in [6, 6.07) is -6.47. The molecule has 21 heteroatoms. The Hall–Kier alpha value is -5.34. The first-order chi connectivity index (χ1) is 18.9. The Bertz CT molecular complexity index is 1080. The molecule has 0 saturated heterocycles. The molecule has 0 heterocycles. The molecule has 0 spiro atoms. The van der Waals surface area contributed by atoms with Crippen molar-refractivity contribution in [3.63, 3.8) is 0 Å². The number of amides is 9. The Morgan fingerprint density at radius 1 is 0.512 bits per heavy atom. The highest BCUT2D eigenvalue weighted by molar-refractivity contribution is 5.97. The molecule has 21 nitrogen and oxygen atoms in total. The molecule has 4 atom stereocenters. The summed E-state index contributed by atoms with van der Waals surface area (Å²) in [4.78, 5) is 117. The molecule has 0 unspecified atom stereocenters. The van der Waals surface area contributed by atoms with Gasteiger partial charge in [0.05, 0.1) is 44.8 Å². The van der Waals surface area contributed by atoms with E-state index in [4.69, 9.17) is 33.8 Å². The van der Waals surface area contributed by atoms with Gasteiger partial charge in [-0.15, -0.1) is 0 Å².